The van der Waals surface area contributed by atoms with Gasteiger partial charge in [-0.2, -0.15) is 0 Å². The van der Waals surface area contributed by atoms with Gasteiger partial charge in [0.05, 0.1) is 5.92 Å². The van der Waals surface area contributed by atoms with Crippen LogP contribution in [0.25, 0.3) is 0 Å². The van der Waals surface area contributed by atoms with Gasteiger partial charge in [-0.05, 0) is 25.8 Å². The highest BCUT2D eigenvalue weighted by Gasteiger charge is 2.19. The molecule has 1 amide bonds. The van der Waals surface area contributed by atoms with Crippen LogP contribution in [0, 0.1) is 5.92 Å². The molecule has 0 aromatic carbocycles. The molecule has 0 spiro atoms. The number of hydrogen-bond donors (Lipinski definition) is 4. The summed E-state index contributed by atoms with van der Waals surface area (Å²) in [6, 6.07) is -0.812. The first kappa shape index (κ1) is 12.5. The Kier molecular flexibility index (Phi) is 4.30. The fourth-order valence-electron chi connectivity index (χ4n) is 1.39. The molecule has 0 aliphatic carbocycles. The highest BCUT2D eigenvalue weighted by molar-refractivity contribution is 5.84. The van der Waals surface area contributed by atoms with Crippen LogP contribution in [0.5, 0.6) is 0 Å². The lowest BCUT2D eigenvalue weighted by Crippen LogP contribution is -2.32. The van der Waals surface area contributed by atoms with Crippen molar-refractivity contribution in [1.82, 2.24) is 10.6 Å². The van der Waals surface area contributed by atoms with Crippen LogP contribution in [-0.4, -0.2) is 29.6 Å². The van der Waals surface area contributed by atoms with Crippen molar-refractivity contribution in [3.63, 3.8) is 0 Å². The zero-order valence-electron chi connectivity index (χ0n) is 9.19. The summed E-state index contributed by atoms with van der Waals surface area (Å²) in [4.78, 5) is 21.5. The van der Waals surface area contributed by atoms with Crippen molar-refractivity contribution in [3.8, 4) is 0 Å². The van der Waals surface area contributed by atoms with Crippen LogP contribution < -0.4 is 16.4 Å². The first-order valence-corrected chi connectivity index (χ1v) is 5.25. The summed E-state index contributed by atoms with van der Waals surface area (Å²) in [7, 11) is 0. The number of aliphatic carboxylic acids is 1. The van der Waals surface area contributed by atoms with Crippen molar-refractivity contribution < 1.29 is 14.7 Å². The molecule has 0 fully saturated rings. The molecule has 1 heterocycles. The van der Waals surface area contributed by atoms with E-state index >= 15 is 0 Å². The minimum absolute atomic E-state index is 0.0234. The van der Waals surface area contributed by atoms with Gasteiger partial charge in [0.15, 0.2) is 0 Å². The summed E-state index contributed by atoms with van der Waals surface area (Å²) in [6.07, 6.45) is 2.87. The molecule has 90 valence electrons. The van der Waals surface area contributed by atoms with Gasteiger partial charge in [-0.1, -0.05) is 0 Å². The molecule has 0 aromatic heterocycles. The molecular formula is C10H17N3O3. The van der Waals surface area contributed by atoms with Crippen molar-refractivity contribution in [2.24, 2.45) is 11.7 Å². The van der Waals surface area contributed by atoms with Crippen molar-refractivity contribution >= 4 is 11.9 Å². The van der Waals surface area contributed by atoms with Crippen molar-refractivity contribution in [1.29, 1.82) is 0 Å². The third kappa shape index (κ3) is 3.54. The Balaban J connectivity index is 2.15. The van der Waals surface area contributed by atoms with E-state index in [1.54, 1.807) is 6.08 Å². The number of nitrogens with one attached hydrogen (secondary N) is 2. The molecule has 0 saturated heterocycles. The van der Waals surface area contributed by atoms with Crippen LogP contribution in [0.4, 0.5) is 0 Å². The molecule has 1 aliphatic heterocycles. The number of amides is 1. The molecule has 5 N–H and O–H groups in total. The van der Waals surface area contributed by atoms with Crippen LogP contribution in [0.2, 0.25) is 0 Å². The van der Waals surface area contributed by atoms with E-state index in [1.807, 2.05) is 6.92 Å². The summed E-state index contributed by atoms with van der Waals surface area (Å²) < 4.78 is 0. The van der Waals surface area contributed by atoms with Gasteiger partial charge in [0.25, 0.3) is 0 Å². The lowest BCUT2D eigenvalue weighted by atomic mass is 10.2. The molecule has 0 radical (unpaired) electrons. The largest absolute Gasteiger partial charge is 0.480 e. The molecule has 0 aromatic rings. The number of carboxylic acids is 1. The highest BCUT2D eigenvalue weighted by atomic mass is 16.4. The minimum Gasteiger partial charge on any atom is -0.480 e. The Morgan fingerprint density at radius 1 is 1.75 bits per heavy atom. The Hall–Kier alpha value is -1.56. The standard InChI is InChI=1S/C10H17N3O3/c1-6-5-8(13-9(6)14)12-4-2-3-7(11)10(15)16/h5-7,12H,2-4,11H2,1H3,(H,13,14)(H,15,16)/t6?,7-/m1/s1. The smallest absolute Gasteiger partial charge is 0.320 e. The SMILES string of the molecule is CC1C=C(NCCC[C@@H](N)C(=O)O)NC1=O. The minimum atomic E-state index is -0.984. The molecule has 6 nitrogen and oxygen atoms in total. The predicted octanol–water partition coefficient (Wildman–Crippen LogP) is -0.625. The van der Waals surface area contributed by atoms with Gasteiger partial charge in [0, 0.05) is 6.54 Å². The van der Waals surface area contributed by atoms with Crippen molar-refractivity contribution in [2.45, 2.75) is 25.8 Å². The number of rotatable bonds is 6. The lowest BCUT2D eigenvalue weighted by Gasteiger charge is -2.09. The highest BCUT2D eigenvalue weighted by Crippen LogP contribution is 2.07. The number of hydrogen-bond acceptors (Lipinski definition) is 4. The first-order valence-electron chi connectivity index (χ1n) is 5.25. The molecule has 1 rings (SSSR count). The van der Waals surface area contributed by atoms with E-state index in [0.717, 1.165) is 0 Å². The molecule has 1 aliphatic rings. The van der Waals surface area contributed by atoms with Gasteiger partial charge in [0.1, 0.15) is 11.9 Å². The Labute approximate surface area is 93.9 Å². The molecule has 1 unspecified atom stereocenters. The fraction of sp³-hybridized carbons (Fsp3) is 0.600. The third-order valence-electron chi connectivity index (χ3n) is 2.41. The summed E-state index contributed by atoms with van der Waals surface area (Å²) in [5, 5.41) is 14.2. The van der Waals surface area contributed by atoms with E-state index in [0.29, 0.717) is 25.2 Å². The zero-order chi connectivity index (χ0) is 12.1. The van der Waals surface area contributed by atoms with E-state index in [2.05, 4.69) is 10.6 Å². The second kappa shape index (κ2) is 5.50. The summed E-state index contributed by atoms with van der Waals surface area (Å²) in [5.74, 6) is -0.420. The topological polar surface area (TPSA) is 104 Å². The molecule has 0 bridgehead atoms. The Bertz CT molecular complexity index is 314. The van der Waals surface area contributed by atoms with E-state index in [9.17, 15) is 9.59 Å². The fourth-order valence-corrected chi connectivity index (χ4v) is 1.39. The van der Waals surface area contributed by atoms with Gasteiger partial charge < -0.3 is 21.5 Å². The van der Waals surface area contributed by atoms with E-state index in [-0.39, 0.29) is 11.8 Å². The van der Waals surface area contributed by atoms with Crippen LogP contribution in [0.15, 0.2) is 11.9 Å². The van der Waals surface area contributed by atoms with Gasteiger partial charge in [-0.3, -0.25) is 9.59 Å². The second-order valence-electron chi connectivity index (χ2n) is 3.87. The number of carbonyl (C=O) groups excluding carboxylic acids is 1. The molecule has 16 heavy (non-hydrogen) atoms. The Morgan fingerprint density at radius 3 is 2.94 bits per heavy atom. The lowest BCUT2D eigenvalue weighted by molar-refractivity contribution is -0.138. The number of carbonyl (C=O) groups is 2. The summed E-state index contributed by atoms with van der Waals surface area (Å²) in [5.41, 5.74) is 5.34. The second-order valence-corrected chi connectivity index (χ2v) is 3.87. The maximum atomic E-state index is 11.1. The predicted molar refractivity (Wildman–Crippen MR) is 58.2 cm³/mol. The van der Waals surface area contributed by atoms with Gasteiger partial charge in [-0.25, -0.2) is 0 Å². The van der Waals surface area contributed by atoms with Crippen LogP contribution in [0.1, 0.15) is 19.8 Å². The monoisotopic (exact) mass is 227 g/mol. The maximum Gasteiger partial charge on any atom is 0.320 e. The quantitative estimate of drug-likeness (QED) is 0.452. The molecule has 2 atom stereocenters. The summed E-state index contributed by atoms with van der Waals surface area (Å²) >= 11 is 0. The molecular weight excluding hydrogens is 210 g/mol. The normalized spacial score (nSPS) is 21.2. The van der Waals surface area contributed by atoms with Crippen LogP contribution in [0.3, 0.4) is 0 Å². The van der Waals surface area contributed by atoms with Crippen molar-refractivity contribution in [2.75, 3.05) is 6.54 Å². The molecule has 6 heteroatoms. The van der Waals surface area contributed by atoms with Gasteiger partial charge >= 0.3 is 5.97 Å². The zero-order valence-corrected chi connectivity index (χ0v) is 9.19. The number of carboxylic acid groups (broad SMARTS) is 1. The molecule has 0 saturated carbocycles. The third-order valence-corrected chi connectivity index (χ3v) is 2.41. The maximum absolute atomic E-state index is 11.1. The average molecular weight is 227 g/mol. The van der Waals surface area contributed by atoms with Crippen molar-refractivity contribution in [3.05, 3.63) is 11.9 Å². The Morgan fingerprint density at radius 2 is 2.44 bits per heavy atom. The van der Waals surface area contributed by atoms with Crippen LogP contribution >= 0.6 is 0 Å². The van der Waals surface area contributed by atoms with Gasteiger partial charge in [-0.15, -0.1) is 0 Å². The van der Waals surface area contributed by atoms with E-state index in [4.69, 9.17) is 10.8 Å². The van der Waals surface area contributed by atoms with E-state index in [1.165, 1.54) is 0 Å². The van der Waals surface area contributed by atoms with Gasteiger partial charge in [0.2, 0.25) is 5.91 Å². The first-order chi connectivity index (χ1) is 7.50. The summed E-state index contributed by atoms with van der Waals surface area (Å²) in [6.45, 7) is 2.41. The number of nitrogens with two attached hydrogens (primary N) is 1. The van der Waals surface area contributed by atoms with Crippen LogP contribution in [-0.2, 0) is 9.59 Å². The van der Waals surface area contributed by atoms with E-state index < -0.39 is 12.0 Å². The average Bonchev–Trinajstić information content (AvgIpc) is 2.53.